The third-order valence-corrected chi connectivity index (χ3v) is 4.61. The first-order valence-electron chi connectivity index (χ1n) is 9.97. The molecule has 2 N–H and O–H groups in total. The number of carbonyl (C=O) groups is 1. The lowest BCUT2D eigenvalue weighted by molar-refractivity contribution is -0.121. The summed E-state index contributed by atoms with van der Waals surface area (Å²) in [6, 6.07) is 14.3. The van der Waals surface area contributed by atoms with E-state index in [1.54, 1.807) is 17.0 Å². The molecule has 1 heterocycles. The molecular weight excluding hydrogens is 498 g/mol. The van der Waals surface area contributed by atoms with Crippen LogP contribution in [0.25, 0.3) is 0 Å². The summed E-state index contributed by atoms with van der Waals surface area (Å²) in [7, 11) is 0. The van der Waals surface area contributed by atoms with Gasteiger partial charge in [-0.1, -0.05) is 30.3 Å². The van der Waals surface area contributed by atoms with Crippen molar-refractivity contribution in [2.45, 2.75) is 19.8 Å². The number of carbonyl (C=O) groups excluding carboxylic acids is 1. The van der Waals surface area contributed by atoms with Crippen LogP contribution in [0.15, 0.2) is 53.5 Å². The summed E-state index contributed by atoms with van der Waals surface area (Å²) < 4.78 is 19.2. The molecule has 1 aliphatic rings. The summed E-state index contributed by atoms with van der Waals surface area (Å²) in [6.07, 6.45) is 1.31. The molecule has 0 spiro atoms. The van der Waals surface area contributed by atoms with Crippen LogP contribution in [0.4, 0.5) is 10.1 Å². The van der Waals surface area contributed by atoms with Gasteiger partial charge in [-0.2, -0.15) is 0 Å². The summed E-state index contributed by atoms with van der Waals surface area (Å²) in [4.78, 5) is 18.5. The first kappa shape index (κ1) is 23.9. The van der Waals surface area contributed by atoms with Crippen LogP contribution in [0.5, 0.6) is 5.75 Å². The Bertz CT molecular complexity index is 863. The number of anilines is 1. The quantitative estimate of drug-likeness (QED) is 0.240. The summed E-state index contributed by atoms with van der Waals surface area (Å²) in [5, 5.41) is 6.42. The minimum absolute atomic E-state index is 0. The molecule has 162 valence electrons. The Morgan fingerprint density at radius 1 is 1.17 bits per heavy atom. The fraction of sp³-hybridized carbons (Fsp3) is 0.364. The molecular formula is C22H28FIN4O2. The van der Waals surface area contributed by atoms with Gasteiger partial charge in [-0.25, -0.2) is 4.39 Å². The molecule has 0 saturated carbocycles. The standard InChI is InChI=1S/C22H27FN4O2.HI/c1-2-24-22(26-14-12-17-8-3-4-9-18(17)23)25-13-7-15-27-19-10-5-6-11-20(19)29-16-21(27)28;/h3-6,8-11H,2,7,12-16H2,1H3,(H2,24,25,26);1H. The number of amides is 1. The molecule has 0 unspecified atom stereocenters. The van der Waals surface area contributed by atoms with Crippen molar-refractivity contribution in [3.8, 4) is 5.75 Å². The average molecular weight is 526 g/mol. The first-order chi connectivity index (χ1) is 14.2. The lowest BCUT2D eigenvalue weighted by atomic mass is 10.1. The molecule has 0 fully saturated rings. The normalized spacial score (nSPS) is 13.2. The maximum atomic E-state index is 13.7. The first-order valence-corrected chi connectivity index (χ1v) is 9.97. The second-order valence-corrected chi connectivity index (χ2v) is 6.68. The van der Waals surface area contributed by atoms with Gasteiger partial charge in [0, 0.05) is 26.2 Å². The lowest BCUT2D eigenvalue weighted by Gasteiger charge is -2.29. The number of benzene rings is 2. The fourth-order valence-electron chi connectivity index (χ4n) is 3.18. The summed E-state index contributed by atoms with van der Waals surface area (Å²) in [5.74, 6) is 1.20. The number of halogens is 2. The zero-order chi connectivity index (χ0) is 20.5. The number of nitrogens with one attached hydrogen (secondary N) is 2. The van der Waals surface area contributed by atoms with Crippen LogP contribution in [0.2, 0.25) is 0 Å². The number of fused-ring (bicyclic) bond motifs is 1. The lowest BCUT2D eigenvalue weighted by Crippen LogP contribution is -2.40. The Kier molecular flexibility index (Phi) is 9.85. The van der Waals surface area contributed by atoms with Crippen LogP contribution >= 0.6 is 24.0 Å². The minimum atomic E-state index is -0.188. The van der Waals surface area contributed by atoms with Gasteiger partial charge in [0.1, 0.15) is 11.6 Å². The second-order valence-electron chi connectivity index (χ2n) is 6.68. The van der Waals surface area contributed by atoms with Gasteiger partial charge < -0.3 is 20.3 Å². The number of ether oxygens (including phenoxy) is 1. The highest BCUT2D eigenvalue weighted by molar-refractivity contribution is 14.0. The van der Waals surface area contributed by atoms with Crippen LogP contribution < -0.4 is 20.3 Å². The highest BCUT2D eigenvalue weighted by Crippen LogP contribution is 2.31. The number of aliphatic imine (C=N–C) groups is 1. The second kappa shape index (κ2) is 12.4. The highest BCUT2D eigenvalue weighted by atomic mass is 127. The van der Waals surface area contributed by atoms with Crippen molar-refractivity contribution in [1.29, 1.82) is 0 Å². The van der Waals surface area contributed by atoms with E-state index in [2.05, 4.69) is 15.6 Å². The van der Waals surface area contributed by atoms with E-state index >= 15 is 0 Å². The molecule has 6 nitrogen and oxygen atoms in total. The van der Waals surface area contributed by atoms with Crippen LogP contribution in [0.3, 0.4) is 0 Å². The molecule has 0 radical (unpaired) electrons. The van der Waals surface area contributed by atoms with E-state index in [9.17, 15) is 9.18 Å². The van der Waals surface area contributed by atoms with E-state index < -0.39 is 0 Å². The van der Waals surface area contributed by atoms with E-state index in [1.807, 2.05) is 37.3 Å². The van der Waals surface area contributed by atoms with Gasteiger partial charge >= 0.3 is 0 Å². The predicted octanol–water partition coefficient (Wildman–Crippen LogP) is 3.36. The zero-order valence-electron chi connectivity index (χ0n) is 17.1. The van der Waals surface area contributed by atoms with Gasteiger partial charge in [0.2, 0.25) is 0 Å². The average Bonchev–Trinajstić information content (AvgIpc) is 2.73. The zero-order valence-corrected chi connectivity index (χ0v) is 19.4. The molecule has 1 aliphatic heterocycles. The van der Waals surface area contributed by atoms with E-state index in [0.29, 0.717) is 37.6 Å². The van der Waals surface area contributed by atoms with Gasteiger partial charge in [0.15, 0.2) is 12.6 Å². The molecule has 1 amide bonds. The van der Waals surface area contributed by atoms with Crippen LogP contribution in [0.1, 0.15) is 18.9 Å². The third kappa shape index (κ3) is 6.58. The number of para-hydroxylation sites is 2. The summed E-state index contributed by atoms with van der Waals surface area (Å²) >= 11 is 0. The van der Waals surface area contributed by atoms with Gasteiger partial charge in [0.05, 0.1) is 5.69 Å². The van der Waals surface area contributed by atoms with Crippen molar-refractivity contribution < 1.29 is 13.9 Å². The van der Waals surface area contributed by atoms with E-state index in [0.717, 1.165) is 24.4 Å². The topological polar surface area (TPSA) is 66.0 Å². The number of hydrogen-bond acceptors (Lipinski definition) is 3. The van der Waals surface area contributed by atoms with Crippen LogP contribution in [-0.4, -0.2) is 44.7 Å². The molecule has 2 aromatic rings. The van der Waals surface area contributed by atoms with Gasteiger partial charge in [-0.05, 0) is 43.5 Å². The summed E-state index contributed by atoms with van der Waals surface area (Å²) in [6.45, 7) is 4.54. The third-order valence-electron chi connectivity index (χ3n) is 4.61. The molecule has 0 bridgehead atoms. The molecule has 0 saturated heterocycles. The van der Waals surface area contributed by atoms with Crippen molar-refractivity contribution in [2.75, 3.05) is 37.7 Å². The number of nitrogens with zero attached hydrogens (tertiary/aromatic N) is 2. The Hall–Kier alpha value is -2.36. The predicted molar refractivity (Wildman–Crippen MR) is 128 cm³/mol. The number of hydrogen-bond donors (Lipinski definition) is 2. The Labute approximate surface area is 193 Å². The van der Waals surface area contributed by atoms with Gasteiger partial charge in [0.25, 0.3) is 5.91 Å². The Morgan fingerprint density at radius 3 is 2.73 bits per heavy atom. The van der Waals surface area contributed by atoms with Crippen LogP contribution in [-0.2, 0) is 11.2 Å². The molecule has 3 rings (SSSR count). The Balaban J connectivity index is 0.00000320. The van der Waals surface area contributed by atoms with Crippen molar-refractivity contribution in [2.24, 2.45) is 4.99 Å². The molecule has 0 aromatic heterocycles. The van der Waals surface area contributed by atoms with E-state index in [1.165, 1.54) is 6.07 Å². The molecule has 8 heteroatoms. The maximum Gasteiger partial charge on any atom is 0.265 e. The minimum Gasteiger partial charge on any atom is -0.482 e. The maximum absolute atomic E-state index is 13.7. The van der Waals surface area contributed by atoms with Crippen LogP contribution in [0, 0.1) is 5.82 Å². The number of guanidine groups is 1. The fourth-order valence-corrected chi connectivity index (χ4v) is 3.18. The number of rotatable bonds is 8. The van der Waals surface area contributed by atoms with Crippen molar-refractivity contribution in [3.63, 3.8) is 0 Å². The van der Waals surface area contributed by atoms with Crippen molar-refractivity contribution >= 4 is 41.5 Å². The van der Waals surface area contributed by atoms with Crippen molar-refractivity contribution in [1.82, 2.24) is 10.6 Å². The summed E-state index contributed by atoms with van der Waals surface area (Å²) in [5.41, 5.74) is 1.49. The largest absolute Gasteiger partial charge is 0.482 e. The molecule has 0 atom stereocenters. The van der Waals surface area contributed by atoms with E-state index in [-0.39, 0.29) is 42.3 Å². The monoisotopic (exact) mass is 526 g/mol. The molecule has 2 aromatic carbocycles. The van der Waals surface area contributed by atoms with Gasteiger partial charge in [-0.3, -0.25) is 9.79 Å². The Morgan fingerprint density at radius 2 is 1.93 bits per heavy atom. The molecule has 30 heavy (non-hydrogen) atoms. The smallest absolute Gasteiger partial charge is 0.265 e. The molecule has 0 aliphatic carbocycles. The van der Waals surface area contributed by atoms with E-state index in [4.69, 9.17) is 4.74 Å². The highest BCUT2D eigenvalue weighted by Gasteiger charge is 2.24. The SMILES string of the molecule is CCNC(=NCCCN1C(=O)COc2ccccc21)NCCc1ccccc1F.I. The van der Waals surface area contributed by atoms with Gasteiger partial charge in [-0.15, -0.1) is 24.0 Å². The van der Waals surface area contributed by atoms with Crippen molar-refractivity contribution in [3.05, 3.63) is 59.9 Å².